The number of hydrogen-bond donors (Lipinski definition) is 2. The maximum Gasteiger partial charge on any atom is 1.00 e. The van der Waals surface area contributed by atoms with E-state index in [1.54, 1.807) is 96.3 Å². The van der Waals surface area contributed by atoms with Gasteiger partial charge in [0.25, 0.3) is 6.47 Å². The summed E-state index contributed by atoms with van der Waals surface area (Å²) in [7, 11) is 1.37. The summed E-state index contributed by atoms with van der Waals surface area (Å²) >= 11 is 3.48. The van der Waals surface area contributed by atoms with Crippen molar-refractivity contribution in [3.8, 4) is 0 Å². The number of carbonyl (C=O) groups is 4. The molecule has 2 N–H and O–H groups in total. The van der Waals surface area contributed by atoms with E-state index in [9.17, 15) is 47.0 Å². The molecule has 3 amide bonds. The van der Waals surface area contributed by atoms with Crippen LogP contribution in [0.4, 0.5) is 27.6 Å². The van der Waals surface area contributed by atoms with Crippen LogP contribution in [-0.4, -0.2) is 166 Å². The number of likely N-dealkylation sites (tertiary alicyclic amines) is 3. The first kappa shape index (κ1) is 103. The van der Waals surface area contributed by atoms with Gasteiger partial charge in [0.1, 0.15) is 28.7 Å². The van der Waals surface area contributed by atoms with Gasteiger partial charge in [-0.3, -0.25) is 57.5 Å². The van der Waals surface area contributed by atoms with Crippen molar-refractivity contribution < 1.29 is 201 Å². The summed E-state index contributed by atoms with van der Waals surface area (Å²) in [6.45, 7) is 19.2. The van der Waals surface area contributed by atoms with Crippen LogP contribution in [0.2, 0.25) is 0 Å². The number of unbranched alkanes of at least 4 members (excludes halogenated alkanes) is 5. The Kier molecular flexibility index (Phi) is 40.4. The predicted molar refractivity (Wildman–Crippen MR) is 470 cm³/mol. The van der Waals surface area contributed by atoms with E-state index in [1.807, 2.05) is 81.0 Å². The van der Waals surface area contributed by atoms with Crippen LogP contribution in [0, 0.1) is 17.5 Å². The number of alkyl halides is 1. The zero-order valence-electron chi connectivity index (χ0n) is 73.6. The van der Waals surface area contributed by atoms with Gasteiger partial charge < -0.3 is 50.6 Å². The molecule has 28 nitrogen and oxygen atoms in total. The minimum atomic E-state index is -0.550. The molecule has 0 spiro atoms. The van der Waals surface area contributed by atoms with Gasteiger partial charge in [0.2, 0.25) is 0 Å². The molecular weight excluding hydrogens is 1910 g/mol. The number of H-pyrrole nitrogens is 1. The molecule has 125 heavy (non-hydrogen) atoms. The van der Waals surface area contributed by atoms with E-state index >= 15 is 0 Å². The minimum Gasteiger partial charge on any atom is -1.00 e. The number of aliphatic hydroxyl groups excluding tert-OH is 1. The number of benzene rings is 3. The first-order valence-electron chi connectivity index (χ1n) is 41.7. The first-order valence-corrected chi connectivity index (χ1v) is 42.8. The van der Waals surface area contributed by atoms with Crippen LogP contribution in [0.5, 0.6) is 0 Å². The maximum atomic E-state index is 14.0. The van der Waals surface area contributed by atoms with Gasteiger partial charge in [-0.25, -0.2) is 41.9 Å². The number of rotatable bonds is 21. The van der Waals surface area contributed by atoms with Crippen LogP contribution < -0.4 is 160 Å². The molecule has 660 valence electrons. The van der Waals surface area contributed by atoms with Gasteiger partial charge in [-0.05, 0) is 212 Å². The van der Waals surface area contributed by atoms with Crippen molar-refractivity contribution in [3.05, 3.63) is 211 Å². The Morgan fingerprint density at radius 2 is 0.872 bits per heavy atom. The van der Waals surface area contributed by atoms with E-state index < -0.39 is 11.2 Å². The summed E-state index contributed by atoms with van der Waals surface area (Å²) < 4.78 is 65.7. The van der Waals surface area contributed by atoms with Crippen LogP contribution in [0.15, 0.2) is 143 Å². The van der Waals surface area contributed by atoms with E-state index in [0.717, 1.165) is 146 Å². The fourth-order valence-electron chi connectivity index (χ4n) is 16.2. The van der Waals surface area contributed by atoms with Crippen molar-refractivity contribution in [1.29, 1.82) is 0 Å². The zero-order chi connectivity index (χ0) is 87.4. The SMILES string of the molecule is C.CC(C)(C)OC(=O)N1CCC(n2c(=O)[nH]c3cnccc32)CC1.CCCCCc1c(CBr)ncc2cc(F)ccc12.CCCCCc1c(Cn2c(=O)n(C3CCN(C(=O)OC(C)(C)C)CC3)c3ccncc32)ncc2cc(F)ccc12.COC(=O)N1CCC(n2c(=O)n(Cc3ncc4cc(F)ccc4c3CCCCO)c3cnccc32)CC1.O=CO[O-].[Cs+].[Cs+].[H-]. The number of piperidine rings is 3. The average Bonchev–Trinajstić information content (AvgIpc) is 1.60. The number of aromatic amines is 1. The van der Waals surface area contributed by atoms with E-state index in [-0.39, 0.29) is 237 Å². The number of aromatic nitrogens is 12. The summed E-state index contributed by atoms with van der Waals surface area (Å²) in [5, 5.41) is 23.9. The number of aliphatic hydroxyl groups is 1. The number of aryl methyl sites for hydroxylation is 3. The number of nitrogens with one attached hydrogen (secondary N) is 1. The van der Waals surface area contributed by atoms with Crippen LogP contribution in [0.1, 0.15) is 206 Å². The van der Waals surface area contributed by atoms with Gasteiger partial charge in [0.05, 0.1) is 89.0 Å². The Labute approximate surface area is 852 Å². The molecule has 0 atom stereocenters. The molecule has 0 aliphatic carbocycles. The van der Waals surface area contributed by atoms with E-state index in [4.69, 9.17) is 29.2 Å². The Morgan fingerprint density at radius 1 is 0.520 bits per heavy atom. The smallest absolute Gasteiger partial charge is 1.00 e. The Balaban J connectivity index is 0.000000234. The molecule has 0 saturated carbocycles. The Bertz CT molecular complexity index is 5820. The van der Waals surface area contributed by atoms with Crippen LogP contribution >= 0.6 is 15.9 Å². The molecule has 9 aromatic heterocycles. The van der Waals surface area contributed by atoms with Crippen LogP contribution in [0.25, 0.3) is 65.4 Å². The third-order valence-electron chi connectivity index (χ3n) is 22.1. The number of fused-ring (bicyclic) bond motifs is 6. The van der Waals surface area contributed by atoms with Crippen molar-refractivity contribution in [1.82, 2.24) is 72.4 Å². The molecule has 0 unspecified atom stereocenters. The van der Waals surface area contributed by atoms with E-state index in [2.05, 4.69) is 64.6 Å². The summed E-state index contributed by atoms with van der Waals surface area (Å²) in [6.07, 6.45) is 29.0. The van der Waals surface area contributed by atoms with Crippen molar-refractivity contribution in [3.63, 3.8) is 0 Å². The molecule has 12 aromatic rings. The summed E-state index contributed by atoms with van der Waals surface area (Å²) in [6, 6.07) is 20.0. The average molecular weight is 2030 g/mol. The van der Waals surface area contributed by atoms with Gasteiger partial charge in [-0.15, -0.1) is 0 Å². The molecule has 15 rings (SSSR count). The molecular formula is C91H113BrCs2F3N15O13. The van der Waals surface area contributed by atoms with Crippen molar-refractivity contribution in [2.75, 3.05) is 53.0 Å². The van der Waals surface area contributed by atoms with Crippen molar-refractivity contribution in [2.45, 2.75) is 220 Å². The van der Waals surface area contributed by atoms with Gasteiger partial charge in [0.15, 0.2) is 0 Å². The molecule has 0 bridgehead atoms. The number of halogens is 4. The number of imidazole rings is 3. The Morgan fingerprint density at radius 3 is 1.23 bits per heavy atom. The number of pyridine rings is 6. The summed E-state index contributed by atoms with van der Waals surface area (Å²) in [5.74, 6) is -0.813. The second-order valence-electron chi connectivity index (χ2n) is 32.7. The number of carbonyl (C=O) groups excluding carboxylic acids is 4. The van der Waals surface area contributed by atoms with E-state index in [1.165, 1.54) is 55.8 Å². The summed E-state index contributed by atoms with van der Waals surface area (Å²) in [5.41, 5.74) is 9.17. The topological polar surface area (TPSA) is 327 Å². The predicted octanol–water partition coefficient (Wildman–Crippen LogP) is 10.4. The van der Waals surface area contributed by atoms with Crippen molar-refractivity contribution in [2.24, 2.45) is 0 Å². The number of hydrogen-bond acceptors (Lipinski definition) is 19. The molecule has 3 saturated heterocycles. The largest absolute Gasteiger partial charge is 1.00 e. The molecule has 3 fully saturated rings. The molecule has 3 aliphatic heterocycles. The second-order valence-corrected chi connectivity index (χ2v) is 33.2. The molecule has 3 aliphatic rings. The Hall–Kier alpha value is -7.28. The number of amides is 3. The van der Waals surface area contributed by atoms with E-state index in [0.29, 0.717) is 95.2 Å². The molecule has 34 heteroatoms. The molecule has 12 heterocycles. The minimum absolute atomic E-state index is 0. The second kappa shape index (κ2) is 48.9. The third kappa shape index (κ3) is 26.7. The zero-order valence-corrected chi connectivity index (χ0v) is 86.8. The monoisotopic (exact) mass is 2030 g/mol. The molecule has 0 radical (unpaired) electrons. The fraction of sp³-hybridized carbons (Fsp3) is 0.462. The first-order chi connectivity index (χ1) is 58.7. The summed E-state index contributed by atoms with van der Waals surface area (Å²) in [4.78, 5) is 122. The van der Waals surface area contributed by atoms with Gasteiger partial charge in [-0.1, -0.05) is 81.1 Å². The van der Waals surface area contributed by atoms with Gasteiger partial charge in [0, 0.05) is 123 Å². The van der Waals surface area contributed by atoms with Gasteiger partial charge in [-0.2, -0.15) is 0 Å². The number of nitrogens with zero attached hydrogens (tertiary/aromatic N) is 14. The third-order valence-corrected chi connectivity index (χ3v) is 22.6. The van der Waals surface area contributed by atoms with Crippen molar-refractivity contribution >= 4 is 106 Å². The number of methoxy groups -OCH3 is 1. The van der Waals surface area contributed by atoms with Crippen LogP contribution in [0.3, 0.4) is 0 Å². The van der Waals surface area contributed by atoms with Crippen LogP contribution in [-0.2, 0) is 61.6 Å². The van der Waals surface area contributed by atoms with Gasteiger partial charge >= 0.3 is 173 Å². The quantitative estimate of drug-likeness (QED) is 0.0169. The maximum absolute atomic E-state index is 14.0. The normalized spacial score (nSPS) is 13.9. The standard InChI is InChI=1S/C31H38FN5O3.C27H30FN5O4.C16H22N4O3.C15H17BrFN.CH2O3.CH4.2Cs.H/c1-5-6-7-8-25-24-10-9-22(32)17-21(24)18-34-26(25)20-36-28-19-33-14-11-27(28)37(29(36)38)23-12-15-35(16-13-23)30(39)40-31(2,3)4;1-37-27(36)31-11-8-20(9-12-31)33-24-7-10-29-16-25(24)32(26(33)35)17-23-22(4-2-3-13-34)21-6-5-19(28)14-18(21)15-30-23;1-16(2,3)23-15(22)19-8-5-11(6-9-19)20-13-4-7-17-10-12(13)18-14(20)21;1-2-3-4-5-14-13-7-6-12(17)8-11(13)10-18-15(14)9-16;2-1-4-3;;;;/h9-11,14,17-19,23H,5-8,12-13,15-16,20H2,1-4H3;5-7,10,14-16,20,34H,2-4,8-9,11-13,17H2,1H3;4,7,10-11H,5-6,8-9H2,1-3H3,(H,18,21);6-8,10H,2-5,9H2,1H3;1,3H;1H4;;;/q;;;;;;2*+1;-1/p-1. The number of ether oxygens (including phenoxy) is 3. The molecule has 3 aromatic carbocycles. The fourth-order valence-corrected chi connectivity index (χ4v) is 16.7.